The molecule has 0 radical (unpaired) electrons. The van der Waals surface area contributed by atoms with Crippen molar-refractivity contribution in [3.63, 3.8) is 0 Å². The fourth-order valence-electron chi connectivity index (χ4n) is 3.49. The first-order chi connectivity index (χ1) is 9.25. The summed E-state index contributed by atoms with van der Waals surface area (Å²) in [5.41, 5.74) is 0.0148. The quantitative estimate of drug-likeness (QED) is 0.885. The number of hydrogen-bond acceptors (Lipinski definition) is 4. The van der Waals surface area contributed by atoms with Crippen molar-refractivity contribution in [1.29, 1.82) is 0 Å². The molecule has 0 aromatic carbocycles. The molecule has 2 heterocycles. The average Bonchev–Trinajstić information content (AvgIpc) is 2.47. The van der Waals surface area contributed by atoms with Crippen molar-refractivity contribution >= 4 is 11.8 Å². The standard InChI is InChI=1S/C14H19N3O2/c18-14(19)11-8-16-13(9-15-11)17-7-3-5-10-4-1-2-6-12(10)17/h8-10,12H,1-7H2,(H,18,19). The third-order valence-corrected chi connectivity index (χ3v) is 4.39. The van der Waals surface area contributed by atoms with E-state index in [4.69, 9.17) is 5.11 Å². The van der Waals surface area contributed by atoms with Gasteiger partial charge >= 0.3 is 5.97 Å². The maximum Gasteiger partial charge on any atom is 0.356 e. The highest BCUT2D eigenvalue weighted by molar-refractivity contribution is 5.84. The summed E-state index contributed by atoms with van der Waals surface area (Å²) in [4.78, 5) is 21.4. The number of carbonyl (C=O) groups is 1. The highest BCUT2D eigenvalue weighted by Crippen LogP contribution is 2.36. The number of carboxylic acids is 1. The minimum absolute atomic E-state index is 0.0148. The number of fused-ring (bicyclic) bond motifs is 1. The molecule has 5 nitrogen and oxygen atoms in total. The molecule has 1 N–H and O–H groups in total. The molecule has 1 saturated heterocycles. The first-order valence-electron chi connectivity index (χ1n) is 7.07. The Hall–Kier alpha value is -1.65. The zero-order valence-corrected chi connectivity index (χ0v) is 11.0. The van der Waals surface area contributed by atoms with Crippen LogP contribution in [0.1, 0.15) is 49.0 Å². The van der Waals surface area contributed by atoms with E-state index < -0.39 is 5.97 Å². The van der Waals surface area contributed by atoms with Gasteiger partial charge in [0.2, 0.25) is 0 Å². The molecule has 1 aromatic rings. The van der Waals surface area contributed by atoms with Crippen LogP contribution in [0.25, 0.3) is 0 Å². The Balaban J connectivity index is 1.81. The van der Waals surface area contributed by atoms with Gasteiger partial charge in [-0.25, -0.2) is 14.8 Å². The first-order valence-corrected chi connectivity index (χ1v) is 7.07. The van der Waals surface area contributed by atoms with E-state index in [1.54, 1.807) is 6.20 Å². The van der Waals surface area contributed by atoms with Crippen LogP contribution < -0.4 is 4.90 Å². The Morgan fingerprint density at radius 2 is 1.95 bits per heavy atom. The normalized spacial score (nSPS) is 26.8. The lowest BCUT2D eigenvalue weighted by atomic mass is 9.78. The molecule has 1 aromatic heterocycles. The van der Waals surface area contributed by atoms with Crippen LogP contribution in [0.2, 0.25) is 0 Å². The molecule has 1 saturated carbocycles. The third-order valence-electron chi connectivity index (χ3n) is 4.39. The van der Waals surface area contributed by atoms with Gasteiger partial charge in [0.1, 0.15) is 5.82 Å². The number of rotatable bonds is 2. The molecule has 3 rings (SSSR count). The van der Waals surface area contributed by atoms with Crippen molar-refractivity contribution in [3.05, 3.63) is 18.1 Å². The first kappa shape index (κ1) is 12.4. The number of aromatic nitrogens is 2. The van der Waals surface area contributed by atoms with Crippen molar-refractivity contribution in [1.82, 2.24) is 9.97 Å². The minimum atomic E-state index is -1.02. The summed E-state index contributed by atoms with van der Waals surface area (Å²) in [5, 5.41) is 8.86. The number of piperidine rings is 1. The summed E-state index contributed by atoms with van der Waals surface area (Å²) in [6.07, 6.45) is 10.7. The van der Waals surface area contributed by atoms with E-state index in [2.05, 4.69) is 14.9 Å². The summed E-state index contributed by atoms with van der Waals surface area (Å²) in [5.74, 6) is 0.596. The Labute approximate surface area is 112 Å². The maximum atomic E-state index is 10.8. The summed E-state index contributed by atoms with van der Waals surface area (Å²) >= 11 is 0. The van der Waals surface area contributed by atoms with E-state index in [1.807, 2.05) is 0 Å². The molecule has 0 bridgehead atoms. The second-order valence-electron chi connectivity index (χ2n) is 5.51. The summed E-state index contributed by atoms with van der Waals surface area (Å²) in [6.45, 7) is 1.02. The average molecular weight is 261 g/mol. The van der Waals surface area contributed by atoms with Gasteiger partial charge in [0.15, 0.2) is 5.69 Å². The maximum absolute atomic E-state index is 10.8. The molecule has 0 amide bonds. The monoisotopic (exact) mass is 261 g/mol. The lowest BCUT2D eigenvalue weighted by Crippen LogP contribution is -2.47. The molecule has 102 valence electrons. The number of aromatic carboxylic acids is 1. The van der Waals surface area contributed by atoms with Gasteiger partial charge in [-0.1, -0.05) is 12.8 Å². The molecule has 19 heavy (non-hydrogen) atoms. The SMILES string of the molecule is O=C(O)c1cnc(N2CCCC3CCCCC32)cn1. The Morgan fingerprint density at radius 1 is 1.16 bits per heavy atom. The zero-order chi connectivity index (χ0) is 13.2. The molecule has 1 aliphatic carbocycles. The Kier molecular flexibility index (Phi) is 3.36. The van der Waals surface area contributed by atoms with Crippen molar-refractivity contribution in [2.45, 2.75) is 44.6 Å². The van der Waals surface area contributed by atoms with Crippen LogP contribution in [0.3, 0.4) is 0 Å². The van der Waals surface area contributed by atoms with Gasteiger partial charge in [0.05, 0.1) is 12.4 Å². The van der Waals surface area contributed by atoms with Crippen molar-refractivity contribution < 1.29 is 9.90 Å². The lowest BCUT2D eigenvalue weighted by Gasteiger charge is -2.44. The van der Waals surface area contributed by atoms with Crippen LogP contribution in [-0.2, 0) is 0 Å². The fourth-order valence-corrected chi connectivity index (χ4v) is 3.49. The van der Waals surface area contributed by atoms with E-state index >= 15 is 0 Å². The van der Waals surface area contributed by atoms with Gasteiger partial charge in [-0.2, -0.15) is 0 Å². The molecule has 1 aliphatic heterocycles. The van der Waals surface area contributed by atoms with Gasteiger partial charge in [-0.15, -0.1) is 0 Å². The highest BCUT2D eigenvalue weighted by Gasteiger charge is 2.33. The smallest absolute Gasteiger partial charge is 0.356 e. The molecule has 0 spiro atoms. The second kappa shape index (κ2) is 5.15. The molecular weight excluding hydrogens is 242 g/mol. The van der Waals surface area contributed by atoms with Crippen LogP contribution in [0.4, 0.5) is 5.82 Å². The van der Waals surface area contributed by atoms with Crippen molar-refractivity contribution in [3.8, 4) is 0 Å². The number of hydrogen-bond donors (Lipinski definition) is 1. The Morgan fingerprint density at radius 3 is 2.68 bits per heavy atom. The van der Waals surface area contributed by atoms with Crippen LogP contribution in [0.15, 0.2) is 12.4 Å². The summed E-state index contributed by atoms with van der Waals surface area (Å²) in [7, 11) is 0. The minimum Gasteiger partial charge on any atom is -0.476 e. The molecular formula is C14H19N3O2. The van der Waals surface area contributed by atoms with Crippen LogP contribution in [-0.4, -0.2) is 33.6 Å². The zero-order valence-electron chi connectivity index (χ0n) is 11.0. The van der Waals surface area contributed by atoms with E-state index in [0.29, 0.717) is 6.04 Å². The molecule has 2 unspecified atom stereocenters. The topological polar surface area (TPSA) is 66.3 Å². The third kappa shape index (κ3) is 2.41. The van der Waals surface area contributed by atoms with Crippen LogP contribution in [0.5, 0.6) is 0 Å². The molecule has 2 fully saturated rings. The summed E-state index contributed by atoms with van der Waals surface area (Å²) < 4.78 is 0. The van der Waals surface area contributed by atoms with Crippen molar-refractivity contribution in [2.24, 2.45) is 5.92 Å². The number of nitrogens with zero attached hydrogens (tertiary/aromatic N) is 3. The van der Waals surface area contributed by atoms with Crippen molar-refractivity contribution in [2.75, 3.05) is 11.4 Å². The molecule has 2 atom stereocenters. The number of carboxylic acid groups (broad SMARTS) is 1. The van der Waals surface area contributed by atoms with E-state index in [-0.39, 0.29) is 5.69 Å². The Bertz CT molecular complexity index is 458. The molecule has 2 aliphatic rings. The van der Waals surface area contributed by atoms with Gasteiger partial charge in [-0.3, -0.25) is 0 Å². The highest BCUT2D eigenvalue weighted by atomic mass is 16.4. The van der Waals surface area contributed by atoms with Gasteiger partial charge in [0.25, 0.3) is 0 Å². The lowest BCUT2D eigenvalue weighted by molar-refractivity contribution is 0.0690. The predicted octanol–water partition coefficient (Wildman–Crippen LogP) is 2.33. The number of anilines is 1. The van der Waals surface area contributed by atoms with E-state index in [0.717, 1.165) is 18.3 Å². The van der Waals surface area contributed by atoms with Crippen LogP contribution in [0, 0.1) is 5.92 Å². The van der Waals surface area contributed by atoms with Gasteiger partial charge < -0.3 is 10.0 Å². The molecule has 5 heteroatoms. The predicted molar refractivity (Wildman–Crippen MR) is 71.3 cm³/mol. The largest absolute Gasteiger partial charge is 0.476 e. The second-order valence-corrected chi connectivity index (χ2v) is 5.51. The van der Waals surface area contributed by atoms with Gasteiger partial charge in [-0.05, 0) is 31.6 Å². The van der Waals surface area contributed by atoms with E-state index in [1.165, 1.54) is 44.7 Å². The van der Waals surface area contributed by atoms with E-state index in [9.17, 15) is 4.79 Å². The van der Waals surface area contributed by atoms with Gasteiger partial charge in [0, 0.05) is 12.6 Å². The van der Waals surface area contributed by atoms with Crippen LogP contribution >= 0.6 is 0 Å². The summed E-state index contributed by atoms with van der Waals surface area (Å²) in [6, 6.07) is 0.576. The fraction of sp³-hybridized carbons (Fsp3) is 0.643.